The second kappa shape index (κ2) is 4.81. The molecule has 0 spiro atoms. The molecule has 0 aliphatic heterocycles. The van der Waals surface area contributed by atoms with Gasteiger partial charge in [0.1, 0.15) is 6.33 Å². The topological polar surface area (TPSA) is 52.0 Å². The van der Waals surface area contributed by atoms with Crippen molar-refractivity contribution in [2.24, 2.45) is 0 Å². The third-order valence-corrected chi connectivity index (χ3v) is 4.87. The number of aryl methyl sites for hydroxylation is 2. The van der Waals surface area contributed by atoms with Crippen molar-refractivity contribution in [1.82, 2.24) is 8.96 Å². The molecule has 0 amide bonds. The zero-order valence-electron chi connectivity index (χ0n) is 11.6. The SMILES string of the molecule is Cc1cn(S(=O)(=O)c2cc(C(C)C)ccc2C)cn1. The van der Waals surface area contributed by atoms with Crippen LogP contribution in [-0.2, 0) is 10.0 Å². The summed E-state index contributed by atoms with van der Waals surface area (Å²) >= 11 is 0. The van der Waals surface area contributed by atoms with Gasteiger partial charge in [-0.15, -0.1) is 0 Å². The van der Waals surface area contributed by atoms with Crippen molar-refractivity contribution in [3.63, 3.8) is 0 Å². The average molecular weight is 278 g/mol. The maximum absolute atomic E-state index is 12.6. The van der Waals surface area contributed by atoms with Gasteiger partial charge in [0.05, 0.1) is 10.6 Å². The number of hydrogen-bond donors (Lipinski definition) is 0. The summed E-state index contributed by atoms with van der Waals surface area (Å²) in [4.78, 5) is 4.32. The Balaban J connectivity index is 2.60. The first-order valence-electron chi connectivity index (χ1n) is 6.19. The zero-order chi connectivity index (χ0) is 14.2. The molecule has 1 aromatic carbocycles. The Labute approximate surface area is 114 Å². The highest BCUT2D eigenvalue weighted by Gasteiger charge is 2.20. The second-order valence-corrected chi connectivity index (χ2v) is 6.84. The van der Waals surface area contributed by atoms with Gasteiger partial charge in [0.25, 0.3) is 10.0 Å². The Morgan fingerprint density at radius 1 is 1.21 bits per heavy atom. The summed E-state index contributed by atoms with van der Waals surface area (Å²) in [6, 6.07) is 5.58. The van der Waals surface area contributed by atoms with Crippen molar-refractivity contribution in [3.05, 3.63) is 47.5 Å². The van der Waals surface area contributed by atoms with Gasteiger partial charge in [0, 0.05) is 6.20 Å². The number of hydrogen-bond acceptors (Lipinski definition) is 3. The van der Waals surface area contributed by atoms with Crippen molar-refractivity contribution < 1.29 is 8.42 Å². The number of aromatic nitrogens is 2. The smallest absolute Gasteiger partial charge is 0.241 e. The Morgan fingerprint density at radius 3 is 2.42 bits per heavy atom. The molecule has 0 saturated carbocycles. The molecule has 19 heavy (non-hydrogen) atoms. The van der Waals surface area contributed by atoms with E-state index in [1.807, 2.05) is 26.0 Å². The van der Waals surface area contributed by atoms with Gasteiger partial charge < -0.3 is 0 Å². The molecule has 102 valence electrons. The van der Waals surface area contributed by atoms with Crippen LogP contribution in [0, 0.1) is 13.8 Å². The van der Waals surface area contributed by atoms with Crippen LogP contribution in [0.2, 0.25) is 0 Å². The molecule has 0 N–H and O–H groups in total. The van der Waals surface area contributed by atoms with E-state index in [4.69, 9.17) is 0 Å². The van der Waals surface area contributed by atoms with E-state index in [1.54, 1.807) is 19.9 Å². The minimum atomic E-state index is -3.55. The first-order valence-corrected chi connectivity index (χ1v) is 7.63. The molecule has 1 aromatic heterocycles. The molecule has 1 heterocycles. The minimum Gasteiger partial charge on any atom is -0.241 e. The van der Waals surface area contributed by atoms with Gasteiger partial charge in [-0.3, -0.25) is 0 Å². The van der Waals surface area contributed by atoms with Crippen LogP contribution in [-0.4, -0.2) is 17.4 Å². The molecule has 0 radical (unpaired) electrons. The molecule has 0 unspecified atom stereocenters. The predicted molar refractivity (Wildman–Crippen MR) is 74.8 cm³/mol. The quantitative estimate of drug-likeness (QED) is 0.867. The fourth-order valence-corrected chi connectivity index (χ4v) is 3.35. The molecule has 0 atom stereocenters. The van der Waals surface area contributed by atoms with Crippen molar-refractivity contribution in [2.75, 3.05) is 0 Å². The number of rotatable bonds is 3. The lowest BCUT2D eigenvalue weighted by molar-refractivity contribution is 0.586. The van der Waals surface area contributed by atoms with E-state index in [-0.39, 0.29) is 0 Å². The molecule has 2 aromatic rings. The van der Waals surface area contributed by atoms with Crippen LogP contribution in [0.15, 0.2) is 35.6 Å². The molecule has 0 bridgehead atoms. The lowest BCUT2D eigenvalue weighted by Gasteiger charge is -2.12. The number of imidazole rings is 1. The standard InChI is InChI=1S/C14H18N2O2S/c1-10(2)13-6-5-11(3)14(7-13)19(17,18)16-8-12(4)15-9-16/h5-10H,1-4H3. The maximum Gasteiger partial charge on any atom is 0.269 e. The molecule has 0 fully saturated rings. The van der Waals surface area contributed by atoms with E-state index in [9.17, 15) is 8.42 Å². The Morgan fingerprint density at radius 2 is 1.89 bits per heavy atom. The van der Waals surface area contributed by atoms with Crippen LogP contribution < -0.4 is 0 Å². The summed E-state index contributed by atoms with van der Waals surface area (Å²) in [5, 5.41) is 0. The highest BCUT2D eigenvalue weighted by Crippen LogP contribution is 2.24. The van der Waals surface area contributed by atoms with Gasteiger partial charge in [0.2, 0.25) is 0 Å². The maximum atomic E-state index is 12.6. The third kappa shape index (κ3) is 2.56. The third-order valence-electron chi connectivity index (χ3n) is 3.12. The van der Waals surface area contributed by atoms with E-state index < -0.39 is 10.0 Å². The first kappa shape index (κ1) is 13.8. The molecule has 0 saturated heterocycles. The summed E-state index contributed by atoms with van der Waals surface area (Å²) in [5.74, 6) is 0.291. The Bertz CT molecular complexity index is 700. The molecule has 4 nitrogen and oxygen atoms in total. The van der Waals surface area contributed by atoms with E-state index in [2.05, 4.69) is 4.98 Å². The predicted octanol–water partition coefficient (Wildman–Crippen LogP) is 2.86. The van der Waals surface area contributed by atoms with Crippen LogP contribution in [0.3, 0.4) is 0 Å². The monoisotopic (exact) mass is 278 g/mol. The minimum absolute atomic E-state index is 0.291. The lowest BCUT2D eigenvalue weighted by Crippen LogP contribution is -2.13. The molecular weight excluding hydrogens is 260 g/mol. The number of benzene rings is 1. The fraction of sp³-hybridized carbons (Fsp3) is 0.357. The largest absolute Gasteiger partial charge is 0.269 e. The molecular formula is C14H18N2O2S. The van der Waals surface area contributed by atoms with E-state index >= 15 is 0 Å². The van der Waals surface area contributed by atoms with E-state index in [0.717, 1.165) is 11.1 Å². The Hall–Kier alpha value is -1.62. The van der Waals surface area contributed by atoms with E-state index in [1.165, 1.54) is 16.5 Å². The van der Waals surface area contributed by atoms with Gasteiger partial charge in [-0.05, 0) is 37.0 Å². The number of nitrogens with zero attached hydrogens (tertiary/aromatic N) is 2. The van der Waals surface area contributed by atoms with Gasteiger partial charge >= 0.3 is 0 Å². The normalized spacial score (nSPS) is 12.1. The molecule has 2 rings (SSSR count). The molecule has 5 heteroatoms. The second-order valence-electron chi connectivity index (χ2n) is 5.03. The van der Waals surface area contributed by atoms with Crippen LogP contribution in [0.1, 0.15) is 36.6 Å². The highest BCUT2D eigenvalue weighted by molar-refractivity contribution is 7.90. The highest BCUT2D eigenvalue weighted by atomic mass is 32.2. The molecule has 0 aliphatic carbocycles. The van der Waals surface area contributed by atoms with Crippen molar-refractivity contribution in [1.29, 1.82) is 0 Å². The lowest BCUT2D eigenvalue weighted by atomic mass is 10.0. The Kier molecular flexibility index (Phi) is 3.49. The summed E-state index contributed by atoms with van der Waals surface area (Å²) in [6.07, 6.45) is 2.86. The van der Waals surface area contributed by atoms with Crippen molar-refractivity contribution >= 4 is 10.0 Å². The van der Waals surface area contributed by atoms with Gasteiger partial charge in [-0.25, -0.2) is 17.4 Å². The van der Waals surface area contributed by atoms with Crippen LogP contribution in [0.4, 0.5) is 0 Å². The van der Waals surface area contributed by atoms with E-state index in [0.29, 0.717) is 16.5 Å². The van der Waals surface area contributed by atoms with Crippen LogP contribution in [0.25, 0.3) is 0 Å². The van der Waals surface area contributed by atoms with Crippen LogP contribution >= 0.6 is 0 Å². The fourth-order valence-electron chi connectivity index (χ4n) is 1.90. The first-order chi connectivity index (χ1) is 8.82. The van der Waals surface area contributed by atoms with Crippen LogP contribution in [0.5, 0.6) is 0 Å². The van der Waals surface area contributed by atoms with Crippen molar-refractivity contribution in [2.45, 2.75) is 38.5 Å². The zero-order valence-corrected chi connectivity index (χ0v) is 12.4. The summed E-state index contributed by atoms with van der Waals surface area (Å²) < 4.78 is 26.3. The summed E-state index contributed by atoms with van der Waals surface area (Å²) in [7, 11) is -3.55. The van der Waals surface area contributed by atoms with Crippen molar-refractivity contribution in [3.8, 4) is 0 Å². The van der Waals surface area contributed by atoms with Gasteiger partial charge in [-0.1, -0.05) is 26.0 Å². The van der Waals surface area contributed by atoms with Gasteiger partial charge in [0.15, 0.2) is 0 Å². The van der Waals surface area contributed by atoms with Gasteiger partial charge in [-0.2, -0.15) is 0 Å². The molecule has 0 aliphatic rings. The summed E-state index contributed by atoms with van der Waals surface area (Å²) in [6.45, 7) is 7.66. The average Bonchev–Trinajstić information content (AvgIpc) is 2.76. The summed E-state index contributed by atoms with van der Waals surface area (Å²) in [5.41, 5.74) is 2.44.